The summed E-state index contributed by atoms with van der Waals surface area (Å²) in [4.78, 5) is 7.25. The number of likely N-dealkylation sites (tertiary alicyclic amines) is 1. The molecule has 4 heteroatoms. The predicted molar refractivity (Wildman–Crippen MR) is 84.2 cm³/mol. The van der Waals surface area contributed by atoms with Crippen molar-refractivity contribution in [2.45, 2.75) is 52.4 Å². The number of nitrogens with zero attached hydrogens (tertiary/aromatic N) is 2. The summed E-state index contributed by atoms with van der Waals surface area (Å²) >= 11 is 0. The average molecular weight is 281 g/mol. The number of hydrogen-bond donors (Lipinski definition) is 1. The van der Waals surface area contributed by atoms with Gasteiger partial charge in [0.2, 0.25) is 0 Å². The molecule has 0 bridgehead atoms. The number of nitrogens with one attached hydrogen (secondary N) is 1. The lowest BCUT2D eigenvalue weighted by Gasteiger charge is -2.25. The smallest absolute Gasteiger partial charge is 0.193 e. The first-order chi connectivity index (χ1) is 9.79. The molecular weight excluding hydrogens is 250 g/mol. The van der Waals surface area contributed by atoms with Crippen LogP contribution >= 0.6 is 0 Å². The molecule has 0 radical (unpaired) electrons. The second kappa shape index (κ2) is 7.87. The topological polar surface area (TPSA) is 36.9 Å². The van der Waals surface area contributed by atoms with E-state index >= 15 is 0 Å². The van der Waals surface area contributed by atoms with E-state index in [0.717, 1.165) is 45.4 Å². The van der Waals surface area contributed by atoms with Crippen LogP contribution in [0.2, 0.25) is 0 Å². The average Bonchev–Trinajstić information content (AvgIpc) is 3.08. The van der Waals surface area contributed by atoms with Gasteiger partial charge in [-0.1, -0.05) is 26.2 Å². The SMILES string of the molecule is CCCCCCN=C(NCC)N1CCC2(CCOC2)C1. The third kappa shape index (κ3) is 4.11. The second-order valence-electron chi connectivity index (χ2n) is 6.27. The molecule has 1 N–H and O–H groups in total. The van der Waals surface area contributed by atoms with E-state index < -0.39 is 0 Å². The van der Waals surface area contributed by atoms with Gasteiger partial charge in [-0.05, 0) is 26.2 Å². The van der Waals surface area contributed by atoms with E-state index in [-0.39, 0.29) is 0 Å². The highest BCUT2D eigenvalue weighted by Crippen LogP contribution is 2.38. The molecule has 4 nitrogen and oxygen atoms in total. The normalized spacial score (nSPS) is 26.7. The zero-order chi connectivity index (χ0) is 14.3. The summed E-state index contributed by atoms with van der Waals surface area (Å²) in [5.41, 5.74) is 0.415. The Kier molecular flexibility index (Phi) is 6.14. The summed E-state index contributed by atoms with van der Waals surface area (Å²) in [6.07, 6.45) is 7.61. The molecule has 0 aromatic rings. The molecule has 0 amide bonds. The Morgan fingerprint density at radius 3 is 2.85 bits per heavy atom. The molecule has 20 heavy (non-hydrogen) atoms. The van der Waals surface area contributed by atoms with Crippen molar-refractivity contribution in [1.29, 1.82) is 0 Å². The highest BCUT2D eigenvalue weighted by atomic mass is 16.5. The molecule has 0 aromatic heterocycles. The van der Waals surface area contributed by atoms with Crippen LogP contribution in [-0.4, -0.2) is 50.3 Å². The van der Waals surface area contributed by atoms with E-state index in [9.17, 15) is 0 Å². The molecule has 0 saturated carbocycles. The summed E-state index contributed by atoms with van der Waals surface area (Å²) < 4.78 is 5.61. The van der Waals surface area contributed by atoms with Crippen LogP contribution in [0, 0.1) is 5.41 Å². The quantitative estimate of drug-likeness (QED) is 0.462. The number of unbranched alkanes of at least 4 members (excludes halogenated alkanes) is 3. The van der Waals surface area contributed by atoms with Gasteiger partial charge in [0.1, 0.15) is 0 Å². The van der Waals surface area contributed by atoms with Crippen molar-refractivity contribution >= 4 is 5.96 Å². The Hall–Kier alpha value is -0.770. The van der Waals surface area contributed by atoms with Gasteiger partial charge in [-0.25, -0.2) is 0 Å². The first kappa shape index (κ1) is 15.6. The number of guanidine groups is 1. The number of hydrogen-bond acceptors (Lipinski definition) is 2. The van der Waals surface area contributed by atoms with Gasteiger partial charge in [0.05, 0.1) is 6.61 Å². The molecule has 2 saturated heterocycles. The Morgan fingerprint density at radius 1 is 1.25 bits per heavy atom. The molecule has 1 atom stereocenters. The lowest BCUT2D eigenvalue weighted by molar-refractivity contribution is 0.156. The third-order valence-electron chi connectivity index (χ3n) is 4.53. The zero-order valence-corrected chi connectivity index (χ0v) is 13.3. The van der Waals surface area contributed by atoms with Gasteiger partial charge in [0, 0.05) is 38.2 Å². The molecule has 0 aliphatic carbocycles. The molecule has 2 rings (SSSR count). The number of aliphatic imine (C=N–C) groups is 1. The summed E-state index contributed by atoms with van der Waals surface area (Å²) in [7, 11) is 0. The fourth-order valence-electron chi connectivity index (χ4n) is 3.24. The highest BCUT2D eigenvalue weighted by Gasteiger charge is 2.42. The fourth-order valence-corrected chi connectivity index (χ4v) is 3.24. The van der Waals surface area contributed by atoms with E-state index in [0.29, 0.717) is 5.41 Å². The van der Waals surface area contributed by atoms with E-state index in [4.69, 9.17) is 9.73 Å². The molecule has 2 aliphatic heterocycles. The molecule has 0 aromatic carbocycles. The van der Waals surface area contributed by atoms with Crippen LogP contribution in [0.5, 0.6) is 0 Å². The molecule has 116 valence electrons. The van der Waals surface area contributed by atoms with Crippen LogP contribution in [0.1, 0.15) is 52.4 Å². The maximum Gasteiger partial charge on any atom is 0.193 e. The van der Waals surface area contributed by atoms with Gasteiger partial charge >= 0.3 is 0 Å². The highest BCUT2D eigenvalue weighted by molar-refractivity contribution is 5.80. The predicted octanol–water partition coefficient (Wildman–Crippen LogP) is 2.64. The molecule has 2 aliphatic rings. The van der Waals surface area contributed by atoms with Gasteiger partial charge in [-0.2, -0.15) is 0 Å². The van der Waals surface area contributed by atoms with Crippen LogP contribution in [0.3, 0.4) is 0 Å². The molecule has 1 spiro atoms. The number of rotatable bonds is 6. The minimum Gasteiger partial charge on any atom is -0.381 e. The fraction of sp³-hybridized carbons (Fsp3) is 0.938. The van der Waals surface area contributed by atoms with E-state index in [1.807, 2.05) is 0 Å². The summed E-state index contributed by atoms with van der Waals surface area (Å²) in [5.74, 6) is 1.12. The van der Waals surface area contributed by atoms with Gasteiger partial charge in [0.25, 0.3) is 0 Å². The minimum absolute atomic E-state index is 0.415. The van der Waals surface area contributed by atoms with Gasteiger partial charge in [-0.3, -0.25) is 4.99 Å². The van der Waals surface area contributed by atoms with Gasteiger partial charge < -0.3 is 15.0 Å². The Balaban J connectivity index is 1.83. The largest absolute Gasteiger partial charge is 0.381 e. The number of ether oxygens (including phenoxy) is 1. The first-order valence-corrected chi connectivity index (χ1v) is 8.41. The summed E-state index contributed by atoms with van der Waals surface area (Å²) in [6, 6.07) is 0. The van der Waals surface area contributed by atoms with Crippen LogP contribution in [0.4, 0.5) is 0 Å². The molecular formula is C16H31N3O. The molecule has 2 heterocycles. The summed E-state index contributed by atoms with van der Waals surface area (Å²) in [6.45, 7) is 10.4. The molecule has 2 fully saturated rings. The Labute approximate surface area is 124 Å². The van der Waals surface area contributed by atoms with E-state index in [2.05, 4.69) is 24.1 Å². The third-order valence-corrected chi connectivity index (χ3v) is 4.53. The monoisotopic (exact) mass is 281 g/mol. The van der Waals surface area contributed by atoms with Crippen molar-refractivity contribution in [2.24, 2.45) is 10.4 Å². The molecule has 1 unspecified atom stereocenters. The zero-order valence-electron chi connectivity index (χ0n) is 13.3. The summed E-state index contributed by atoms with van der Waals surface area (Å²) in [5, 5.41) is 3.46. The maximum absolute atomic E-state index is 5.61. The minimum atomic E-state index is 0.415. The van der Waals surface area contributed by atoms with Crippen LogP contribution in [0.25, 0.3) is 0 Å². The standard InChI is InChI=1S/C16H31N3O/c1-3-5-6-7-10-18-15(17-4-2)19-11-8-16(13-19)9-12-20-14-16/h3-14H2,1-2H3,(H,17,18). The second-order valence-corrected chi connectivity index (χ2v) is 6.27. The Morgan fingerprint density at radius 2 is 2.15 bits per heavy atom. The van der Waals surface area contributed by atoms with Gasteiger partial charge in [0.15, 0.2) is 5.96 Å². The van der Waals surface area contributed by atoms with Crippen LogP contribution < -0.4 is 5.32 Å². The van der Waals surface area contributed by atoms with E-state index in [1.165, 1.54) is 38.5 Å². The van der Waals surface area contributed by atoms with E-state index in [1.54, 1.807) is 0 Å². The van der Waals surface area contributed by atoms with Gasteiger partial charge in [-0.15, -0.1) is 0 Å². The van der Waals surface area contributed by atoms with Crippen LogP contribution in [-0.2, 0) is 4.74 Å². The van der Waals surface area contributed by atoms with Crippen molar-refractivity contribution in [1.82, 2.24) is 10.2 Å². The van der Waals surface area contributed by atoms with Crippen LogP contribution in [0.15, 0.2) is 4.99 Å². The lowest BCUT2D eigenvalue weighted by atomic mass is 9.87. The van der Waals surface area contributed by atoms with Crippen molar-refractivity contribution in [2.75, 3.05) is 39.4 Å². The Bertz CT molecular complexity index is 311. The maximum atomic E-state index is 5.61. The van der Waals surface area contributed by atoms with Crippen molar-refractivity contribution < 1.29 is 4.74 Å². The van der Waals surface area contributed by atoms with Crippen molar-refractivity contribution in [3.63, 3.8) is 0 Å². The van der Waals surface area contributed by atoms with Crippen molar-refractivity contribution in [3.8, 4) is 0 Å². The first-order valence-electron chi connectivity index (χ1n) is 8.41. The van der Waals surface area contributed by atoms with Crippen molar-refractivity contribution in [3.05, 3.63) is 0 Å². The lowest BCUT2D eigenvalue weighted by Crippen LogP contribution is -2.41.